The normalized spacial score (nSPS) is 13.8. The number of amides is 2. The van der Waals surface area contributed by atoms with Gasteiger partial charge in [-0.25, -0.2) is 9.59 Å². The third kappa shape index (κ3) is 5.17. The molecule has 1 unspecified atom stereocenters. The van der Waals surface area contributed by atoms with E-state index in [1.54, 1.807) is 31.2 Å². The third-order valence-electron chi connectivity index (χ3n) is 6.19. The first-order chi connectivity index (χ1) is 16.9. The molecule has 4 N–H and O–H groups in total. The fourth-order valence-corrected chi connectivity index (χ4v) is 4.24. The molecule has 180 valence electrons. The summed E-state index contributed by atoms with van der Waals surface area (Å²) in [6.07, 6.45) is -0.586. The zero-order valence-electron chi connectivity index (χ0n) is 19.1. The first-order valence-corrected chi connectivity index (χ1v) is 11.2. The van der Waals surface area contributed by atoms with E-state index in [4.69, 9.17) is 14.9 Å². The Labute approximate surface area is 202 Å². The van der Waals surface area contributed by atoms with Crippen LogP contribution in [0.1, 0.15) is 35.4 Å². The Hall–Kier alpha value is -4.17. The van der Waals surface area contributed by atoms with E-state index < -0.39 is 36.5 Å². The second kappa shape index (κ2) is 10.4. The van der Waals surface area contributed by atoms with E-state index in [1.807, 2.05) is 24.3 Å². The molecule has 0 spiro atoms. The number of carboxylic acid groups (broad SMARTS) is 1. The number of aliphatic hydroxyl groups excluding tert-OH is 1. The molecule has 3 aromatic carbocycles. The molecule has 4 rings (SSSR count). The number of carboxylic acids is 1. The number of nitrogens with one attached hydrogen (secondary N) is 2. The van der Waals surface area contributed by atoms with Crippen LogP contribution in [0.25, 0.3) is 11.1 Å². The highest BCUT2D eigenvalue weighted by Crippen LogP contribution is 2.44. The topological polar surface area (TPSA) is 125 Å². The summed E-state index contributed by atoms with van der Waals surface area (Å²) in [7, 11) is 0. The van der Waals surface area contributed by atoms with Crippen LogP contribution >= 0.6 is 0 Å². The van der Waals surface area contributed by atoms with Crippen LogP contribution in [0.5, 0.6) is 0 Å². The highest BCUT2D eigenvalue weighted by atomic mass is 16.5. The first-order valence-electron chi connectivity index (χ1n) is 11.2. The zero-order valence-corrected chi connectivity index (χ0v) is 19.1. The van der Waals surface area contributed by atoms with Crippen LogP contribution in [0, 0.1) is 0 Å². The van der Waals surface area contributed by atoms with Gasteiger partial charge in [0.1, 0.15) is 12.6 Å². The molecule has 0 heterocycles. The predicted octanol–water partition coefficient (Wildman–Crippen LogP) is 3.71. The Kier molecular flexibility index (Phi) is 7.12. The van der Waals surface area contributed by atoms with Crippen molar-refractivity contribution >= 4 is 23.7 Å². The number of ether oxygens (including phenoxy) is 1. The molecule has 8 heteroatoms. The molecule has 8 nitrogen and oxygen atoms in total. The van der Waals surface area contributed by atoms with Gasteiger partial charge in [0.15, 0.2) is 0 Å². The summed E-state index contributed by atoms with van der Waals surface area (Å²) >= 11 is 0. The van der Waals surface area contributed by atoms with Gasteiger partial charge in [0, 0.05) is 11.6 Å². The summed E-state index contributed by atoms with van der Waals surface area (Å²) in [5.41, 5.74) is 5.69. The largest absolute Gasteiger partial charge is 0.480 e. The molecule has 0 saturated heterocycles. The van der Waals surface area contributed by atoms with Crippen molar-refractivity contribution in [3.63, 3.8) is 0 Å². The maximum Gasteiger partial charge on any atom is 0.411 e. The molecular formula is C27H26N2O6. The molecule has 0 aliphatic heterocycles. The number of carbonyl (C=O) groups excluding carboxylic acids is 2. The van der Waals surface area contributed by atoms with E-state index in [2.05, 4.69) is 34.9 Å². The van der Waals surface area contributed by atoms with Gasteiger partial charge < -0.3 is 20.3 Å². The fourth-order valence-electron chi connectivity index (χ4n) is 4.24. The van der Waals surface area contributed by atoms with Crippen molar-refractivity contribution in [1.82, 2.24) is 5.32 Å². The molecule has 0 fully saturated rings. The molecule has 1 aliphatic rings. The lowest BCUT2D eigenvalue weighted by molar-refractivity contribution is -0.143. The molecule has 0 radical (unpaired) electrons. The highest BCUT2D eigenvalue weighted by Gasteiger charge is 2.29. The number of rotatable bonds is 8. The number of anilines is 1. The number of aliphatic hydroxyl groups is 1. The van der Waals surface area contributed by atoms with Crippen molar-refractivity contribution in [2.24, 2.45) is 0 Å². The van der Waals surface area contributed by atoms with Gasteiger partial charge in [0.2, 0.25) is 5.91 Å². The molecular weight excluding hydrogens is 448 g/mol. The van der Waals surface area contributed by atoms with Gasteiger partial charge in [-0.05, 0) is 46.9 Å². The van der Waals surface area contributed by atoms with Crippen LogP contribution in [0.3, 0.4) is 0 Å². The van der Waals surface area contributed by atoms with Gasteiger partial charge in [-0.1, -0.05) is 60.7 Å². The second-order valence-electron chi connectivity index (χ2n) is 8.38. The molecule has 3 aromatic rings. The highest BCUT2D eigenvalue weighted by molar-refractivity contribution is 5.88. The van der Waals surface area contributed by atoms with Crippen LogP contribution < -0.4 is 10.6 Å². The van der Waals surface area contributed by atoms with Gasteiger partial charge in [0.05, 0.1) is 12.5 Å². The molecule has 1 aliphatic carbocycles. The predicted molar refractivity (Wildman–Crippen MR) is 130 cm³/mol. The van der Waals surface area contributed by atoms with E-state index in [9.17, 15) is 14.4 Å². The van der Waals surface area contributed by atoms with Crippen molar-refractivity contribution < 1.29 is 29.3 Å². The summed E-state index contributed by atoms with van der Waals surface area (Å²) in [4.78, 5) is 35.8. The smallest absolute Gasteiger partial charge is 0.411 e. The van der Waals surface area contributed by atoms with E-state index in [1.165, 1.54) is 0 Å². The van der Waals surface area contributed by atoms with Crippen LogP contribution in [0.4, 0.5) is 10.5 Å². The van der Waals surface area contributed by atoms with Gasteiger partial charge >= 0.3 is 12.1 Å². The van der Waals surface area contributed by atoms with E-state index in [0.717, 1.165) is 22.3 Å². The summed E-state index contributed by atoms with van der Waals surface area (Å²) in [5.74, 6) is -2.52. The number of hydrogen-bond acceptors (Lipinski definition) is 5. The quantitative estimate of drug-likeness (QED) is 0.394. The van der Waals surface area contributed by atoms with Crippen LogP contribution in [-0.4, -0.2) is 47.4 Å². The minimum absolute atomic E-state index is 0.0385. The zero-order chi connectivity index (χ0) is 24.9. The second-order valence-corrected chi connectivity index (χ2v) is 8.38. The van der Waals surface area contributed by atoms with Crippen molar-refractivity contribution in [1.29, 1.82) is 0 Å². The van der Waals surface area contributed by atoms with E-state index in [0.29, 0.717) is 11.3 Å². The van der Waals surface area contributed by atoms with Crippen LogP contribution in [-0.2, 0) is 14.3 Å². The van der Waals surface area contributed by atoms with E-state index >= 15 is 0 Å². The SMILES string of the molecule is CC(C(=O)N[C@H](CO)C(=O)O)c1ccc(NC(=O)OCC2c3ccccc3-c3ccccc32)cc1. The molecule has 35 heavy (non-hydrogen) atoms. The fraction of sp³-hybridized carbons (Fsp3) is 0.222. The molecule has 2 amide bonds. The van der Waals surface area contributed by atoms with E-state index in [-0.39, 0.29) is 12.5 Å². The van der Waals surface area contributed by atoms with Gasteiger partial charge in [0.25, 0.3) is 0 Å². The standard InChI is InChI=1S/C27H26N2O6/c1-16(25(31)29-24(14-30)26(32)33)17-10-12-18(13-11-17)28-27(34)35-15-23-21-8-4-2-6-19(21)20-7-3-5-9-22(20)23/h2-13,16,23-24,30H,14-15H2,1H3,(H,28,34)(H,29,31)(H,32,33)/t16?,24-/m1/s1. The maximum atomic E-state index is 12.5. The van der Waals surface area contributed by atoms with Crippen molar-refractivity contribution in [3.05, 3.63) is 89.5 Å². The van der Waals surface area contributed by atoms with Crippen LogP contribution in [0.2, 0.25) is 0 Å². The number of fused-ring (bicyclic) bond motifs is 3. The summed E-state index contributed by atoms with van der Waals surface area (Å²) in [6, 6.07) is 21.4. The number of benzene rings is 3. The van der Waals surface area contributed by atoms with Crippen molar-refractivity contribution in [2.75, 3.05) is 18.5 Å². The lowest BCUT2D eigenvalue weighted by Gasteiger charge is -2.17. The average Bonchev–Trinajstić information content (AvgIpc) is 3.19. The molecule has 0 aromatic heterocycles. The minimum atomic E-state index is -1.36. The number of carbonyl (C=O) groups is 3. The number of aliphatic carboxylic acids is 1. The van der Waals surface area contributed by atoms with Crippen molar-refractivity contribution in [2.45, 2.75) is 24.8 Å². The first kappa shape index (κ1) is 24.0. The Morgan fingerprint density at radius 3 is 2.03 bits per heavy atom. The molecule has 2 atom stereocenters. The van der Waals surface area contributed by atoms with Crippen molar-refractivity contribution in [3.8, 4) is 11.1 Å². The summed E-state index contributed by atoms with van der Waals surface area (Å²) < 4.78 is 5.54. The Morgan fingerprint density at radius 2 is 1.49 bits per heavy atom. The lowest BCUT2D eigenvalue weighted by Crippen LogP contribution is -2.44. The molecule has 0 saturated carbocycles. The summed E-state index contributed by atoms with van der Waals surface area (Å²) in [6.45, 7) is 1.13. The van der Waals surface area contributed by atoms with Crippen LogP contribution in [0.15, 0.2) is 72.8 Å². The Bertz CT molecular complexity index is 1190. The number of hydrogen-bond donors (Lipinski definition) is 4. The Morgan fingerprint density at radius 1 is 0.914 bits per heavy atom. The minimum Gasteiger partial charge on any atom is -0.480 e. The third-order valence-corrected chi connectivity index (χ3v) is 6.19. The Balaban J connectivity index is 1.35. The van der Waals surface area contributed by atoms with Gasteiger partial charge in [-0.2, -0.15) is 0 Å². The maximum absolute atomic E-state index is 12.5. The van der Waals surface area contributed by atoms with Gasteiger partial charge in [-0.15, -0.1) is 0 Å². The lowest BCUT2D eigenvalue weighted by atomic mass is 9.98. The monoisotopic (exact) mass is 474 g/mol. The summed E-state index contributed by atoms with van der Waals surface area (Å²) in [5, 5.41) is 23.0. The molecule has 0 bridgehead atoms. The van der Waals surface area contributed by atoms with Gasteiger partial charge in [-0.3, -0.25) is 10.1 Å². The average molecular weight is 475 g/mol.